The molecule has 0 bridgehead atoms. The van der Waals surface area contributed by atoms with Gasteiger partial charge in [0.25, 0.3) is 0 Å². The summed E-state index contributed by atoms with van der Waals surface area (Å²) in [5.74, 6) is 1.76. The number of hydrogen-bond acceptors (Lipinski definition) is 6. The third kappa shape index (κ3) is 4.88. The van der Waals surface area contributed by atoms with Crippen LogP contribution in [0.15, 0.2) is 57.9 Å². The molecule has 1 aliphatic heterocycles. The number of halogens is 1. The van der Waals surface area contributed by atoms with E-state index >= 15 is 0 Å². The van der Waals surface area contributed by atoms with Crippen molar-refractivity contribution in [1.82, 2.24) is 4.90 Å². The van der Waals surface area contributed by atoms with Gasteiger partial charge in [-0.1, -0.05) is 12.1 Å². The van der Waals surface area contributed by atoms with Crippen LogP contribution in [-0.4, -0.2) is 25.7 Å². The van der Waals surface area contributed by atoms with Crippen LogP contribution < -0.4 is 19.6 Å². The van der Waals surface area contributed by atoms with Gasteiger partial charge in [-0.15, -0.1) is 0 Å². The van der Waals surface area contributed by atoms with E-state index in [-0.39, 0.29) is 23.6 Å². The van der Waals surface area contributed by atoms with E-state index < -0.39 is 0 Å². The highest BCUT2D eigenvalue weighted by Crippen LogP contribution is 2.33. The summed E-state index contributed by atoms with van der Waals surface area (Å²) in [5.41, 5.74) is 2.78. The topological polar surface area (TPSA) is 61.1 Å². The Labute approximate surface area is 179 Å². The Bertz CT molecular complexity index is 1130. The van der Waals surface area contributed by atoms with E-state index in [2.05, 4.69) is 4.90 Å². The fraction of sp³-hybridized carbons (Fsp3) is 0.292. The number of hydrogen-bond donors (Lipinski definition) is 0. The van der Waals surface area contributed by atoms with Crippen molar-refractivity contribution in [1.29, 1.82) is 0 Å². The Kier molecular flexibility index (Phi) is 6.23. The third-order valence-corrected chi connectivity index (χ3v) is 5.31. The van der Waals surface area contributed by atoms with Crippen molar-refractivity contribution < 1.29 is 23.0 Å². The van der Waals surface area contributed by atoms with Crippen LogP contribution in [-0.2, 0) is 26.1 Å². The van der Waals surface area contributed by atoms with Gasteiger partial charge in [0.1, 0.15) is 24.4 Å². The van der Waals surface area contributed by atoms with Crippen LogP contribution in [0, 0.1) is 5.82 Å². The summed E-state index contributed by atoms with van der Waals surface area (Å²) < 4.78 is 35.2. The van der Waals surface area contributed by atoms with Gasteiger partial charge >= 0.3 is 0 Å². The lowest BCUT2D eigenvalue weighted by Gasteiger charge is -2.29. The van der Waals surface area contributed by atoms with Crippen molar-refractivity contribution in [2.45, 2.75) is 26.1 Å². The summed E-state index contributed by atoms with van der Waals surface area (Å²) in [6, 6.07) is 11.5. The van der Waals surface area contributed by atoms with Crippen LogP contribution in [0.1, 0.15) is 22.5 Å². The normalized spacial score (nSPS) is 13.5. The number of benzene rings is 2. The maximum absolute atomic E-state index is 13.3. The van der Waals surface area contributed by atoms with E-state index in [4.69, 9.17) is 18.6 Å². The van der Waals surface area contributed by atoms with Crippen molar-refractivity contribution in [2.24, 2.45) is 0 Å². The predicted molar refractivity (Wildman–Crippen MR) is 113 cm³/mol. The summed E-state index contributed by atoms with van der Waals surface area (Å²) in [5, 5.41) is 0. The molecule has 0 N–H and O–H groups in total. The molecule has 0 saturated heterocycles. The van der Waals surface area contributed by atoms with Crippen molar-refractivity contribution >= 4 is 0 Å². The molecular formula is C24H24FNO5. The summed E-state index contributed by atoms with van der Waals surface area (Å²) >= 11 is 0. The molecule has 0 spiro atoms. The molecule has 2 aromatic carbocycles. The number of fused-ring (bicyclic) bond motifs is 1. The van der Waals surface area contributed by atoms with Crippen molar-refractivity contribution in [3.63, 3.8) is 0 Å². The average molecular weight is 425 g/mol. The van der Waals surface area contributed by atoms with E-state index in [1.54, 1.807) is 26.4 Å². The van der Waals surface area contributed by atoms with Crippen molar-refractivity contribution in [3.8, 4) is 17.2 Å². The summed E-state index contributed by atoms with van der Waals surface area (Å²) in [6.45, 7) is 2.16. The minimum Gasteiger partial charge on any atom is -0.493 e. The molecule has 4 rings (SSSR count). The standard InChI is InChI=1S/C24H24FNO5/c1-28-22-9-17-6-7-26(12-18(17)10-23(22)29-2)13-20-11-21(27)24(15-30-20)31-14-16-4-3-5-19(25)8-16/h3-5,8-11,15H,6-7,12-14H2,1-2H3. The molecule has 3 aromatic rings. The van der Waals surface area contributed by atoms with Gasteiger partial charge in [-0.2, -0.15) is 0 Å². The van der Waals surface area contributed by atoms with Crippen LogP contribution in [0.5, 0.6) is 17.2 Å². The van der Waals surface area contributed by atoms with E-state index in [0.717, 1.165) is 25.3 Å². The average Bonchev–Trinajstić information content (AvgIpc) is 2.77. The molecule has 6 nitrogen and oxygen atoms in total. The molecular weight excluding hydrogens is 401 g/mol. The summed E-state index contributed by atoms with van der Waals surface area (Å²) in [4.78, 5) is 14.6. The van der Waals surface area contributed by atoms with Gasteiger partial charge in [-0.25, -0.2) is 4.39 Å². The molecule has 7 heteroatoms. The van der Waals surface area contributed by atoms with Gasteiger partial charge in [0.05, 0.1) is 20.8 Å². The third-order valence-electron chi connectivity index (χ3n) is 5.31. The first kappa shape index (κ1) is 20.9. The molecule has 0 saturated carbocycles. The molecule has 0 fully saturated rings. The maximum atomic E-state index is 13.3. The van der Waals surface area contributed by atoms with E-state index in [1.165, 1.54) is 35.6 Å². The minimum absolute atomic E-state index is 0.0933. The smallest absolute Gasteiger partial charge is 0.227 e. The zero-order valence-corrected chi connectivity index (χ0v) is 17.5. The first-order valence-corrected chi connectivity index (χ1v) is 10.0. The number of rotatable bonds is 7. The van der Waals surface area contributed by atoms with E-state index in [0.29, 0.717) is 23.6 Å². The van der Waals surface area contributed by atoms with E-state index in [1.807, 2.05) is 12.1 Å². The lowest BCUT2D eigenvalue weighted by Crippen LogP contribution is -2.30. The minimum atomic E-state index is -0.345. The van der Waals surface area contributed by atoms with Gasteiger partial charge < -0.3 is 18.6 Å². The first-order chi connectivity index (χ1) is 15.1. The highest BCUT2D eigenvalue weighted by molar-refractivity contribution is 5.48. The molecule has 0 amide bonds. The van der Waals surface area contributed by atoms with Crippen LogP contribution >= 0.6 is 0 Å². The Hall–Kier alpha value is -3.32. The lowest BCUT2D eigenvalue weighted by atomic mass is 9.98. The van der Waals surface area contributed by atoms with Gasteiger partial charge in [-0.05, 0) is 47.4 Å². The lowest BCUT2D eigenvalue weighted by molar-refractivity contribution is 0.219. The quantitative estimate of drug-likeness (QED) is 0.572. The van der Waals surface area contributed by atoms with Crippen LogP contribution in [0.3, 0.4) is 0 Å². The molecule has 0 aliphatic carbocycles. The Balaban J connectivity index is 1.41. The van der Waals surface area contributed by atoms with Crippen LogP contribution in [0.25, 0.3) is 0 Å². The van der Waals surface area contributed by atoms with Gasteiger partial charge in [0, 0.05) is 19.2 Å². The van der Waals surface area contributed by atoms with Gasteiger partial charge in [0.2, 0.25) is 11.2 Å². The van der Waals surface area contributed by atoms with Crippen LogP contribution in [0.4, 0.5) is 4.39 Å². The molecule has 1 aromatic heterocycles. The Morgan fingerprint density at radius 1 is 1.03 bits per heavy atom. The Morgan fingerprint density at radius 2 is 1.81 bits per heavy atom. The van der Waals surface area contributed by atoms with Gasteiger partial charge in [0.15, 0.2) is 11.5 Å². The zero-order valence-electron chi connectivity index (χ0n) is 17.5. The summed E-state index contributed by atoms with van der Waals surface area (Å²) in [7, 11) is 3.25. The monoisotopic (exact) mass is 425 g/mol. The fourth-order valence-electron chi connectivity index (χ4n) is 3.71. The SMILES string of the molecule is COc1cc2c(cc1OC)CN(Cc1cc(=O)c(OCc3cccc(F)c3)co1)CC2. The van der Waals surface area contributed by atoms with Crippen molar-refractivity contribution in [2.75, 3.05) is 20.8 Å². The molecule has 31 heavy (non-hydrogen) atoms. The number of ether oxygens (including phenoxy) is 3. The molecule has 162 valence electrons. The number of methoxy groups -OCH3 is 2. The first-order valence-electron chi connectivity index (χ1n) is 10.0. The predicted octanol–water partition coefficient (Wildman–Crippen LogP) is 3.93. The number of nitrogens with zero attached hydrogens (tertiary/aromatic N) is 1. The fourth-order valence-corrected chi connectivity index (χ4v) is 3.71. The maximum Gasteiger partial charge on any atom is 0.227 e. The zero-order chi connectivity index (χ0) is 21.8. The highest BCUT2D eigenvalue weighted by atomic mass is 19.1. The second-order valence-electron chi connectivity index (χ2n) is 7.43. The molecule has 2 heterocycles. The van der Waals surface area contributed by atoms with Crippen LogP contribution in [0.2, 0.25) is 0 Å². The molecule has 0 atom stereocenters. The Morgan fingerprint density at radius 3 is 2.52 bits per heavy atom. The molecule has 1 aliphatic rings. The molecule has 0 unspecified atom stereocenters. The second-order valence-corrected chi connectivity index (χ2v) is 7.43. The van der Waals surface area contributed by atoms with Crippen molar-refractivity contribution in [3.05, 3.63) is 87.2 Å². The molecule has 0 radical (unpaired) electrons. The second kappa shape index (κ2) is 9.22. The highest BCUT2D eigenvalue weighted by Gasteiger charge is 2.20. The summed E-state index contributed by atoms with van der Waals surface area (Å²) in [6.07, 6.45) is 2.19. The largest absolute Gasteiger partial charge is 0.493 e. The van der Waals surface area contributed by atoms with Gasteiger partial charge in [-0.3, -0.25) is 9.69 Å². The van der Waals surface area contributed by atoms with E-state index in [9.17, 15) is 9.18 Å².